The standard InChI is InChI=1S/C14H28/c1-4-7-8-9-10-13-14(11-5-2)12-6-3/h5,11,14H,4,6-10,12-13H2,1-3H3/b11-5-. The lowest BCUT2D eigenvalue weighted by atomic mass is 9.96. The van der Waals surface area contributed by atoms with Crippen LogP contribution in [0.15, 0.2) is 12.2 Å². The van der Waals surface area contributed by atoms with Crippen molar-refractivity contribution in [1.29, 1.82) is 0 Å². The molecule has 0 bridgehead atoms. The van der Waals surface area contributed by atoms with Gasteiger partial charge in [0.1, 0.15) is 0 Å². The van der Waals surface area contributed by atoms with E-state index in [2.05, 4.69) is 32.9 Å². The van der Waals surface area contributed by atoms with Crippen LogP contribution in [0.5, 0.6) is 0 Å². The third-order valence-electron chi connectivity index (χ3n) is 2.80. The number of rotatable bonds is 9. The summed E-state index contributed by atoms with van der Waals surface area (Å²) in [6.07, 6.45) is 15.8. The van der Waals surface area contributed by atoms with E-state index in [9.17, 15) is 0 Å². The minimum Gasteiger partial charge on any atom is -0.0914 e. The van der Waals surface area contributed by atoms with Gasteiger partial charge in [-0.3, -0.25) is 0 Å². The second kappa shape index (κ2) is 10.8. The van der Waals surface area contributed by atoms with E-state index in [-0.39, 0.29) is 0 Å². The van der Waals surface area contributed by atoms with Crippen LogP contribution in [0.1, 0.15) is 72.1 Å². The van der Waals surface area contributed by atoms with E-state index >= 15 is 0 Å². The highest BCUT2D eigenvalue weighted by atomic mass is 14.1. The van der Waals surface area contributed by atoms with Crippen LogP contribution in [0.25, 0.3) is 0 Å². The largest absolute Gasteiger partial charge is 0.0914 e. The molecule has 84 valence electrons. The molecule has 0 heterocycles. The van der Waals surface area contributed by atoms with Crippen molar-refractivity contribution in [3.8, 4) is 0 Å². The number of unbranched alkanes of at least 4 members (excludes halogenated alkanes) is 4. The van der Waals surface area contributed by atoms with E-state index in [1.165, 1.54) is 51.4 Å². The van der Waals surface area contributed by atoms with Crippen LogP contribution >= 0.6 is 0 Å². The Bertz CT molecular complexity index is 124. The normalized spacial score (nSPS) is 13.6. The molecule has 0 saturated heterocycles. The summed E-state index contributed by atoms with van der Waals surface area (Å²) in [4.78, 5) is 0. The zero-order valence-corrected chi connectivity index (χ0v) is 10.4. The van der Waals surface area contributed by atoms with Crippen LogP contribution in [0.3, 0.4) is 0 Å². The van der Waals surface area contributed by atoms with Gasteiger partial charge in [0.2, 0.25) is 0 Å². The average molecular weight is 196 g/mol. The maximum Gasteiger partial charge on any atom is -0.0234 e. The fraction of sp³-hybridized carbons (Fsp3) is 0.857. The molecule has 0 N–H and O–H groups in total. The van der Waals surface area contributed by atoms with E-state index in [0.717, 1.165) is 5.92 Å². The van der Waals surface area contributed by atoms with Crippen LogP contribution in [0.4, 0.5) is 0 Å². The highest BCUT2D eigenvalue weighted by molar-refractivity contribution is 4.85. The zero-order chi connectivity index (χ0) is 10.6. The van der Waals surface area contributed by atoms with Crippen LogP contribution in [-0.2, 0) is 0 Å². The van der Waals surface area contributed by atoms with Crippen molar-refractivity contribution in [2.75, 3.05) is 0 Å². The van der Waals surface area contributed by atoms with Gasteiger partial charge in [-0.1, -0.05) is 64.5 Å². The van der Waals surface area contributed by atoms with Gasteiger partial charge in [0, 0.05) is 0 Å². The third-order valence-corrected chi connectivity index (χ3v) is 2.80. The summed E-state index contributed by atoms with van der Waals surface area (Å²) in [7, 11) is 0. The topological polar surface area (TPSA) is 0 Å². The Balaban J connectivity index is 3.40. The molecule has 0 aliphatic rings. The molecule has 0 fully saturated rings. The van der Waals surface area contributed by atoms with Crippen molar-refractivity contribution in [3.63, 3.8) is 0 Å². The molecule has 14 heavy (non-hydrogen) atoms. The van der Waals surface area contributed by atoms with Crippen LogP contribution < -0.4 is 0 Å². The monoisotopic (exact) mass is 196 g/mol. The molecule has 0 spiro atoms. The van der Waals surface area contributed by atoms with Gasteiger partial charge in [-0.25, -0.2) is 0 Å². The quantitative estimate of drug-likeness (QED) is 0.345. The molecule has 0 radical (unpaired) electrons. The lowest BCUT2D eigenvalue weighted by Gasteiger charge is -2.10. The molecule has 0 nitrogen and oxygen atoms in total. The average Bonchev–Trinajstić information content (AvgIpc) is 2.18. The van der Waals surface area contributed by atoms with E-state index in [0.29, 0.717) is 0 Å². The summed E-state index contributed by atoms with van der Waals surface area (Å²) >= 11 is 0. The number of hydrogen-bond acceptors (Lipinski definition) is 0. The summed E-state index contributed by atoms with van der Waals surface area (Å²) in [5, 5.41) is 0. The van der Waals surface area contributed by atoms with Crippen molar-refractivity contribution >= 4 is 0 Å². The second-order valence-corrected chi connectivity index (χ2v) is 4.28. The van der Waals surface area contributed by atoms with Crippen molar-refractivity contribution < 1.29 is 0 Å². The van der Waals surface area contributed by atoms with E-state index in [1.54, 1.807) is 0 Å². The van der Waals surface area contributed by atoms with Crippen molar-refractivity contribution in [3.05, 3.63) is 12.2 Å². The van der Waals surface area contributed by atoms with Crippen LogP contribution in [0.2, 0.25) is 0 Å². The van der Waals surface area contributed by atoms with Gasteiger partial charge in [0.05, 0.1) is 0 Å². The van der Waals surface area contributed by atoms with E-state index in [4.69, 9.17) is 0 Å². The molecule has 0 aromatic rings. The minimum atomic E-state index is 0.853. The Morgan fingerprint density at radius 2 is 1.57 bits per heavy atom. The van der Waals surface area contributed by atoms with Crippen molar-refractivity contribution in [2.24, 2.45) is 5.92 Å². The lowest BCUT2D eigenvalue weighted by Crippen LogP contribution is -1.95. The molecule has 1 atom stereocenters. The van der Waals surface area contributed by atoms with Crippen LogP contribution in [-0.4, -0.2) is 0 Å². The third kappa shape index (κ3) is 8.34. The Hall–Kier alpha value is -0.260. The smallest absolute Gasteiger partial charge is 0.0234 e. The first-order valence-electron chi connectivity index (χ1n) is 6.47. The Labute approximate surface area is 90.8 Å². The molecule has 0 aliphatic carbocycles. The fourth-order valence-corrected chi connectivity index (χ4v) is 1.99. The maximum absolute atomic E-state index is 2.39. The van der Waals surface area contributed by atoms with Gasteiger partial charge in [-0.05, 0) is 25.7 Å². The first-order valence-corrected chi connectivity index (χ1v) is 6.47. The fourth-order valence-electron chi connectivity index (χ4n) is 1.99. The molecule has 0 saturated carbocycles. The van der Waals surface area contributed by atoms with Crippen LogP contribution in [0, 0.1) is 5.92 Å². The maximum atomic E-state index is 2.39. The molecule has 0 heteroatoms. The van der Waals surface area contributed by atoms with Gasteiger partial charge in [0.15, 0.2) is 0 Å². The molecular weight excluding hydrogens is 168 g/mol. The van der Waals surface area contributed by atoms with Gasteiger partial charge < -0.3 is 0 Å². The zero-order valence-electron chi connectivity index (χ0n) is 10.4. The molecular formula is C14H28. The summed E-state index contributed by atoms with van der Waals surface area (Å²) in [6, 6.07) is 0. The van der Waals surface area contributed by atoms with E-state index < -0.39 is 0 Å². The predicted molar refractivity (Wildman–Crippen MR) is 66.6 cm³/mol. The molecule has 0 rings (SSSR count). The summed E-state index contributed by atoms with van der Waals surface area (Å²) in [6.45, 7) is 6.70. The lowest BCUT2D eigenvalue weighted by molar-refractivity contribution is 0.492. The SMILES string of the molecule is C/C=C\C(CCC)CCCCCCC. The minimum absolute atomic E-state index is 0.853. The summed E-state index contributed by atoms with van der Waals surface area (Å²) in [5.74, 6) is 0.853. The van der Waals surface area contributed by atoms with Gasteiger partial charge >= 0.3 is 0 Å². The summed E-state index contributed by atoms with van der Waals surface area (Å²) in [5.41, 5.74) is 0. The first-order chi connectivity index (χ1) is 6.85. The molecule has 0 amide bonds. The molecule has 1 unspecified atom stereocenters. The van der Waals surface area contributed by atoms with E-state index in [1.807, 2.05) is 0 Å². The van der Waals surface area contributed by atoms with Gasteiger partial charge in [-0.2, -0.15) is 0 Å². The Morgan fingerprint density at radius 3 is 2.14 bits per heavy atom. The Kier molecular flexibility index (Phi) is 10.6. The summed E-state index contributed by atoms with van der Waals surface area (Å²) < 4.78 is 0. The van der Waals surface area contributed by atoms with Gasteiger partial charge in [0.25, 0.3) is 0 Å². The van der Waals surface area contributed by atoms with Crippen molar-refractivity contribution in [1.82, 2.24) is 0 Å². The highest BCUT2D eigenvalue weighted by Gasteiger charge is 2.02. The van der Waals surface area contributed by atoms with Gasteiger partial charge in [-0.15, -0.1) is 0 Å². The molecule has 0 aliphatic heterocycles. The Morgan fingerprint density at radius 1 is 0.857 bits per heavy atom. The van der Waals surface area contributed by atoms with Crippen molar-refractivity contribution in [2.45, 2.75) is 72.1 Å². The highest BCUT2D eigenvalue weighted by Crippen LogP contribution is 2.17. The second-order valence-electron chi connectivity index (χ2n) is 4.28. The number of allylic oxidation sites excluding steroid dienone is 2. The predicted octanol–water partition coefficient (Wildman–Crippen LogP) is 5.34. The molecule has 0 aromatic carbocycles. The number of hydrogen-bond donors (Lipinski definition) is 0. The molecule has 0 aromatic heterocycles. The first kappa shape index (κ1) is 13.7.